The van der Waals surface area contributed by atoms with E-state index >= 15 is 0 Å². The zero-order valence-electron chi connectivity index (χ0n) is 8.08. The lowest BCUT2D eigenvalue weighted by atomic mass is 9.99. The molecule has 0 amide bonds. The van der Waals surface area contributed by atoms with Crippen LogP contribution in [0.2, 0.25) is 0 Å². The topological polar surface area (TPSA) is 20.2 Å². The predicted octanol–water partition coefficient (Wildman–Crippen LogP) is 3.15. The molecule has 0 saturated carbocycles. The zero-order valence-corrected chi connectivity index (χ0v) is 8.90. The molecule has 0 aliphatic heterocycles. The number of aliphatic hydroxyl groups is 1. The molecule has 0 saturated heterocycles. The fourth-order valence-corrected chi connectivity index (χ4v) is 1.71. The highest BCUT2D eigenvalue weighted by atomic mass is 32.2. The van der Waals surface area contributed by atoms with E-state index in [4.69, 9.17) is 0 Å². The van der Waals surface area contributed by atoms with Gasteiger partial charge in [-0.25, -0.2) is 0 Å². The van der Waals surface area contributed by atoms with Crippen LogP contribution in [0.15, 0.2) is 30.3 Å². The third-order valence-corrected chi connectivity index (χ3v) is 2.95. The maximum atomic E-state index is 12.0. The van der Waals surface area contributed by atoms with E-state index in [2.05, 4.69) is 0 Å². The Morgan fingerprint density at radius 2 is 1.73 bits per heavy atom. The Hall–Kier alpha value is -0.680. The quantitative estimate of drug-likeness (QED) is 0.870. The van der Waals surface area contributed by atoms with Gasteiger partial charge in [0.15, 0.2) is 0 Å². The lowest BCUT2D eigenvalue weighted by Crippen LogP contribution is -2.26. The number of halogens is 3. The molecule has 0 spiro atoms. The molecule has 84 valence electrons. The Kier molecular flexibility index (Phi) is 3.67. The van der Waals surface area contributed by atoms with Gasteiger partial charge in [0.1, 0.15) is 0 Å². The molecule has 1 rings (SSSR count). The number of rotatable bonds is 3. The van der Waals surface area contributed by atoms with Crippen LogP contribution in [0.5, 0.6) is 0 Å². The van der Waals surface area contributed by atoms with Gasteiger partial charge in [-0.2, -0.15) is 13.2 Å². The van der Waals surface area contributed by atoms with E-state index in [1.54, 1.807) is 30.3 Å². The summed E-state index contributed by atoms with van der Waals surface area (Å²) in [4.78, 5) is 0. The van der Waals surface area contributed by atoms with E-state index in [9.17, 15) is 18.3 Å². The first-order valence-corrected chi connectivity index (χ1v) is 5.28. The third-order valence-electron chi connectivity index (χ3n) is 1.91. The monoisotopic (exact) mass is 236 g/mol. The average Bonchev–Trinajstić information content (AvgIpc) is 2.16. The van der Waals surface area contributed by atoms with Crippen molar-refractivity contribution in [1.29, 1.82) is 0 Å². The van der Waals surface area contributed by atoms with Crippen molar-refractivity contribution < 1.29 is 18.3 Å². The second-order valence-electron chi connectivity index (χ2n) is 3.37. The van der Waals surface area contributed by atoms with Gasteiger partial charge in [0.05, 0.1) is 5.60 Å². The van der Waals surface area contributed by atoms with E-state index in [1.165, 1.54) is 6.92 Å². The summed E-state index contributed by atoms with van der Waals surface area (Å²) < 4.78 is 35.9. The lowest BCUT2D eigenvalue weighted by molar-refractivity contribution is -0.0345. The molecule has 1 aromatic rings. The van der Waals surface area contributed by atoms with Gasteiger partial charge in [-0.15, -0.1) is 0 Å². The van der Waals surface area contributed by atoms with Crippen LogP contribution in [-0.2, 0) is 5.60 Å². The molecule has 1 N–H and O–H groups in total. The number of hydrogen-bond acceptors (Lipinski definition) is 2. The van der Waals surface area contributed by atoms with Crippen molar-refractivity contribution >= 4 is 11.8 Å². The van der Waals surface area contributed by atoms with Crippen molar-refractivity contribution in [2.24, 2.45) is 0 Å². The molecule has 1 atom stereocenters. The molecule has 0 aliphatic rings. The van der Waals surface area contributed by atoms with E-state index in [0.717, 1.165) is 0 Å². The van der Waals surface area contributed by atoms with Gasteiger partial charge in [0.25, 0.3) is 0 Å². The predicted molar refractivity (Wildman–Crippen MR) is 54.5 cm³/mol. The van der Waals surface area contributed by atoms with Gasteiger partial charge in [0, 0.05) is 5.75 Å². The summed E-state index contributed by atoms with van der Waals surface area (Å²) in [5.41, 5.74) is -5.28. The molecule has 1 unspecified atom stereocenters. The minimum absolute atomic E-state index is 0.215. The van der Waals surface area contributed by atoms with Crippen LogP contribution in [0.3, 0.4) is 0 Å². The molecular weight excluding hydrogens is 225 g/mol. The summed E-state index contributed by atoms with van der Waals surface area (Å²) in [7, 11) is 0. The zero-order chi connectivity index (χ0) is 11.5. The first-order valence-electron chi connectivity index (χ1n) is 4.30. The maximum Gasteiger partial charge on any atom is 0.441 e. The summed E-state index contributed by atoms with van der Waals surface area (Å²) in [6.07, 6.45) is 0. The van der Waals surface area contributed by atoms with E-state index in [0.29, 0.717) is 5.56 Å². The minimum atomic E-state index is -4.31. The molecule has 0 aliphatic carbocycles. The number of alkyl halides is 3. The molecule has 0 bridgehead atoms. The fourth-order valence-electron chi connectivity index (χ4n) is 1.10. The van der Waals surface area contributed by atoms with E-state index < -0.39 is 16.9 Å². The molecule has 0 fully saturated rings. The fraction of sp³-hybridized carbons (Fsp3) is 0.400. The van der Waals surface area contributed by atoms with Gasteiger partial charge < -0.3 is 5.11 Å². The molecule has 1 nitrogen and oxygen atoms in total. The van der Waals surface area contributed by atoms with E-state index in [-0.39, 0.29) is 11.8 Å². The largest absolute Gasteiger partial charge is 0.441 e. The second kappa shape index (κ2) is 4.45. The number of thioether (sulfide) groups is 1. The summed E-state index contributed by atoms with van der Waals surface area (Å²) in [6.45, 7) is 1.38. The first kappa shape index (κ1) is 12.4. The van der Waals surface area contributed by atoms with Crippen molar-refractivity contribution in [2.45, 2.75) is 18.0 Å². The molecular formula is C10H11F3OS. The average molecular weight is 236 g/mol. The van der Waals surface area contributed by atoms with Gasteiger partial charge in [-0.1, -0.05) is 30.3 Å². The van der Waals surface area contributed by atoms with Crippen LogP contribution in [-0.4, -0.2) is 16.4 Å². The highest BCUT2D eigenvalue weighted by Gasteiger charge is 2.33. The molecule has 0 radical (unpaired) electrons. The van der Waals surface area contributed by atoms with Crippen molar-refractivity contribution in [1.82, 2.24) is 0 Å². The maximum absolute atomic E-state index is 12.0. The van der Waals surface area contributed by atoms with Crippen molar-refractivity contribution in [3.63, 3.8) is 0 Å². The van der Waals surface area contributed by atoms with Crippen LogP contribution in [0.25, 0.3) is 0 Å². The molecule has 1 aromatic carbocycles. The molecule has 5 heteroatoms. The normalized spacial score (nSPS) is 16.1. The van der Waals surface area contributed by atoms with E-state index in [1.807, 2.05) is 0 Å². The highest BCUT2D eigenvalue weighted by Crippen LogP contribution is 2.35. The minimum Gasteiger partial charge on any atom is -0.385 e. The van der Waals surface area contributed by atoms with Gasteiger partial charge in [0.2, 0.25) is 0 Å². The van der Waals surface area contributed by atoms with Gasteiger partial charge >= 0.3 is 5.51 Å². The number of hydrogen-bond donors (Lipinski definition) is 1. The third kappa shape index (κ3) is 4.13. The summed E-state index contributed by atoms with van der Waals surface area (Å²) in [5, 5.41) is 9.83. The highest BCUT2D eigenvalue weighted by molar-refractivity contribution is 8.00. The van der Waals surface area contributed by atoms with Crippen LogP contribution >= 0.6 is 11.8 Å². The van der Waals surface area contributed by atoms with Gasteiger partial charge in [-0.05, 0) is 24.2 Å². The van der Waals surface area contributed by atoms with Crippen LogP contribution in [0, 0.1) is 0 Å². The molecule has 15 heavy (non-hydrogen) atoms. The Labute approximate surface area is 90.3 Å². The van der Waals surface area contributed by atoms with Crippen LogP contribution in [0.1, 0.15) is 12.5 Å². The molecule has 0 aromatic heterocycles. The molecule has 0 heterocycles. The summed E-state index contributed by atoms with van der Waals surface area (Å²) >= 11 is -0.215. The first-order chi connectivity index (χ1) is 6.81. The van der Waals surface area contributed by atoms with Crippen molar-refractivity contribution in [3.8, 4) is 0 Å². The summed E-state index contributed by atoms with van der Waals surface area (Å²) in [5.74, 6) is -0.402. The smallest absolute Gasteiger partial charge is 0.385 e. The van der Waals surface area contributed by atoms with Crippen LogP contribution < -0.4 is 0 Å². The summed E-state index contributed by atoms with van der Waals surface area (Å²) in [6, 6.07) is 8.33. The van der Waals surface area contributed by atoms with Crippen molar-refractivity contribution in [3.05, 3.63) is 35.9 Å². The Bertz CT molecular complexity index is 308. The van der Waals surface area contributed by atoms with Crippen LogP contribution in [0.4, 0.5) is 13.2 Å². The Balaban J connectivity index is 2.68. The lowest BCUT2D eigenvalue weighted by Gasteiger charge is -2.23. The standard InChI is InChI=1S/C10H11F3OS/c1-9(14,7-15-10(11,12)13)8-5-3-2-4-6-8/h2-6,14H,7H2,1H3. The van der Waals surface area contributed by atoms with Crippen molar-refractivity contribution in [2.75, 3.05) is 5.75 Å². The number of benzene rings is 1. The van der Waals surface area contributed by atoms with Gasteiger partial charge in [-0.3, -0.25) is 0 Å². The SMILES string of the molecule is CC(O)(CSC(F)(F)F)c1ccccc1. The Morgan fingerprint density at radius 3 is 2.20 bits per heavy atom. The second-order valence-corrected chi connectivity index (χ2v) is 4.41. The Morgan fingerprint density at radius 1 is 1.20 bits per heavy atom.